The van der Waals surface area contributed by atoms with Gasteiger partial charge in [-0.05, 0) is 43.2 Å². The average Bonchev–Trinajstić information content (AvgIpc) is 3.05. The molecule has 0 bridgehead atoms. The number of nitrogens with one attached hydrogen (secondary N) is 1. The molecule has 8 heteroatoms. The molecule has 1 atom stereocenters. The molecule has 1 aliphatic rings. The van der Waals surface area contributed by atoms with Crippen molar-refractivity contribution in [1.82, 2.24) is 15.1 Å². The molecule has 1 N–H and O–H groups in total. The van der Waals surface area contributed by atoms with E-state index >= 15 is 0 Å². The van der Waals surface area contributed by atoms with Crippen LogP contribution in [0.2, 0.25) is 5.02 Å². The van der Waals surface area contributed by atoms with Gasteiger partial charge >= 0.3 is 6.18 Å². The van der Waals surface area contributed by atoms with Crippen molar-refractivity contribution in [2.75, 3.05) is 13.1 Å². The highest BCUT2D eigenvalue weighted by molar-refractivity contribution is 6.33. The molecule has 1 aliphatic heterocycles. The zero-order chi connectivity index (χ0) is 18.7. The summed E-state index contributed by atoms with van der Waals surface area (Å²) in [5.74, 6) is -0.0522. The molecular weight excluding hydrogens is 367 g/mol. The van der Waals surface area contributed by atoms with Crippen LogP contribution in [0.5, 0.6) is 0 Å². The lowest BCUT2D eigenvalue weighted by Gasteiger charge is -2.32. The van der Waals surface area contributed by atoms with Gasteiger partial charge in [-0.1, -0.05) is 29.8 Å². The molecule has 4 nitrogen and oxygen atoms in total. The van der Waals surface area contributed by atoms with Crippen LogP contribution in [-0.4, -0.2) is 34.1 Å². The minimum absolute atomic E-state index is 0.163. The second kappa shape index (κ2) is 7.70. The van der Waals surface area contributed by atoms with E-state index in [1.807, 2.05) is 0 Å². The van der Waals surface area contributed by atoms with Gasteiger partial charge in [0.1, 0.15) is 5.69 Å². The van der Waals surface area contributed by atoms with E-state index in [1.165, 1.54) is 18.3 Å². The van der Waals surface area contributed by atoms with Crippen molar-refractivity contribution in [3.8, 4) is 0 Å². The molecule has 1 amide bonds. The molecule has 2 heterocycles. The van der Waals surface area contributed by atoms with Gasteiger partial charge in [0.25, 0.3) is 5.91 Å². The summed E-state index contributed by atoms with van der Waals surface area (Å²) in [6.45, 7) is 1.13. The molecule has 0 spiro atoms. The maximum atomic E-state index is 13.1. The second-order valence-electron chi connectivity index (χ2n) is 6.55. The van der Waals surface area contributed by atoms with Gasteiger partial charge in [0.15, 0.2) is 0 Å². The zero-order valence-corrected chi connectivity index (χ0v) is 14.8. The molecular formula is C18H19ClF3N3O. The minimum atomic E-state index is -4.34. The predicted molar refractivity (Wildman–Crippen MR) is 92.0 cm³/mol. The Morgan fingerprint density at radius 1 is 1.35 bits per heavy atom. The largest absolute Gasteiger partial charge is 0.416 e. The number of benzene rings is 1. The third-order valence-electron chi connectivity index (χ3n) is 4.76. The lowest BCUT2D eigenvalue weighted by atomic mass is 9.90. The highest BCUT2D eigenvalue weighted by Crippen LogP contribution is 2.33. The number of aromatic nitrogens is 2. The Labute approximate surface area is 154 Å². The number of likely N-dealkylation sites (tertiary alicyclic amines) is 1. The maximum Gasteiger partial charge on any atom is 0.416 e. The van der Waals surface area contributed by atoms with Crippen molar-refractivity contribution in [3.05, 3.63) is 52.3 Å². The van der Waals surface area contributed by atoms with E-state index in [0.29, 0.717) is 31.5 Å². The number of nitrogens with zero attached hydrogens (tertiary/aromatic N) is 2. The fraction of sp³-hybridized carbons (Fsp3) is 0.444. The molecule has 3 rings (SSSR count). The molecule has 1 fully saturated rings. The van der Waals surface area contributed by atoms with Gasteiger partial charge in [-0.3, -0.25) is 9.89 Å². The van der Waals surface area contributed by atoms with E-state index in [1.54, 1.807) is 11.0 Å². The molecule has 0 radical (unpaired) electrons. The number of carbonyl (C=O) groups excluding carboxylic acids is 1. The van der Waals surface area contributed by atoms with Crippen LogP contribution in [0.1, 0.15) is 40.9 Å². The third kappa shape index (κ3) is 4.20. The quantitative estimate of drug-likeness (QED) is 0.838. The molecule has 26 heavy (non-hydrogen) atoms. The number of amides is 1. The fourth-order valence-electron chi connectivity index (χ4n) is 3.44. The summed E-state index contributed by atoms with van der Waals surface area (Å²) in [5, 5.41) is 6.63. The Kier molecular flexibility index (Phi) is 5.55. The van der Waals surface area contributed by atoms with Gasteiger partial charge in [-0.15, -0.1) is 0 Å². The summed E-state index contributed by atoms with van der Waals surface area (Å²) < 4.78 is 39.3. The Morgan fingerprint density at radius 2 is 2.12 bits per heavy atom. The van der Waals surface area contributed by atoms with E-state index < -0.39 is 11.7 Å². The summed E-state index contributed by atoms with van der Waals surface area (Å²) in [5.41, 5.74) is -0.0113. The lowest BCUT2D eigenvalue weighted by Crippen LogP contribution is -2.40. The molecule has 0 aliphatic carbocycles. The number of aryl methyl sites for hydroxylation is 1. The van der Waals surface area contributed by atoms with Gasteiger partial charge in [0.2, 0.25) is 0 Å². The van der Waals surface area contributed by atoms with Crippen molar-refractivity contribution >= 4 is 17.5 Å². The van der Waals surface area contributed by atoms with Gasteiger partial charge in [-0.25, -0.2) is 0 Å². The molecule has 0 unspecified atom stereocenters. The van der Waals surface area contributed by atoms with Crippen molar-refractivity contribution in [2.24, 2.45) is 5.92 Å². The Balaban J connectivity index is 1.63. The number of halogens is 4. The van der Waals surface area contributed by atoms with Crippen LogP contribution >= 0.6 is 11.6 Å². The first kappa shape index (κ1) is 18.8. The van der Waals surface area contributed by atoms with Crippen molar-refractivity contribution in [3.63, 3.8) is 0 Å². The topological polar surface area (TPSA) is 49.0 Å². The smallest absolute Gasteiger partial charge is 0.337 e. The van der Waals surface area contributed by atoms with Gasteiger partial charge in [-0.2, -0.15) is 18.3 Å². The SMILES string of the molecule is O=C(c1[nH]ncc1Cl)N1CCC[C@H](CCc2ccccc2C(F)(F)F)C1. The molecule has 140 valence electrons. The normalized spacial score (nSPS) is 18.2. The predicted octanol–water partition coefficient (Wildman–Crippen LogP) is 4.57. The van der Waals surface area contributed by atoms with Crippen LogP contribution in [0, 0.1) is 5.92 Å². The van der Waals surface area contributed by atoms with Crippen LogP contribution < -0.4 is 0 Å². The first-order valence-electron chi connectivity index (χ1n) is 8.49. The standard InChI is InChI=1S/C18H19ClF3N3O/c19-15-10-23-24-16(15)17(26)25-9-3-4-12(11-25)7-8-13-5-1-2-6-14(13)18(20,21)22/h1-2,5-6,10,12H,3-4,7-9,11H2,(H,23,24)/t12-/m1/s1. The van der Waals surface area contributed by atoms with E-state index in [2.05, 4.69) is 10.2 Å². The Hall–Kier alpha value is -2.02. The van der Waals surface area contributed by atoms with Crippen LogP contribution in [-0.2, 0) is 12.6 Å². The van der Waals surface area contributed by atoms with Crippen LogP contribution in [0.15, 0.2) is 30.5 Å². The minimum Gasteiger partial charge on any atom is -0.337 e. The van der Waals surface area contributed by atoms with E-state index in [0.717, 1.165) is 18.9 Å². The number of aromatic amines is 1. The van der Waals surface area contributed by atoms with Crippen molar-refractivity contribution in [2.45, 2.75) is 31.9 Å². The Morgan fingerprint density at radius 3 is 2.81 bits per heavy atom. The molecule has 1 saturated heterocycles. The van der Waals surface area contributed by atoms with E-state index in [-0.39, 0.29) is 22.5 Å². The maximum absolute atomic E-state index is 13.1. The highest BCUT2D eigenvalue weighted by atomic mass is 35.5. The summed E-state index contributed by atoms with van der Waals surface area (Å²) in [7, 11) is 0. The zero-order valence-electron chi connectivity index (χ0n) is 14.0. The molecule has 1 aromatic heterocycles. The van der Waals surface area contributed by atoms with Crippen LogP contribution in [0.4, 0.5) is 13.2 Å². The summed E-state index contributed by atoms with van der Waals surface area (Å²) in [4.78, 5) is 14.2. The van der Waals surface area contributed by atoms with Gasteiger partial charge in [0.05, 0.1) is 16.8 Å². The third-order valence-corrected chi connectivity index (χ3v) is 5.04. The average molecular weight is 386 g/mol. The summed E-state index contributed by atoms with van der Waals surface area (Å²) in [6.07, 6.45) is -0.300. The second-order valence-corrected chi connectivity index (χ2v) is 6.95. The highest BCUT2D eigenvalue weighted by Gasteiger charge is 2.33. The first-order chi connectivity index (χ1) is 12.4. The summed E-state index contributed by atoms with van der Waals surface area (Å²) >= 11 is 5.94. The number of hydrogen-bond donors (Lipinski definition) is 1. The van der Waals surface area contributed by atoms with E-state index in [4.69, 9.17) is 11.6 Å². The monoisotopic (exact) mass is 385 g/mol. The van der Waals surface area contributed by atoms with Gasteiger partial charge < -0.3 is 4.90 Å². The molecule has 2 aromatic rings. The number of carbonyl (C=O) groups is 1. The molecule has 0 saturated carbocycles. The lowest BCUT2D eigenvalue weighted by molar-refractivity contribution is -0.138. The van der Waals surface area contributed by atoms with Crippen molar-refractivity contribution in [1.29, 1.82) is 0 Å². The number of rotatable bonds is 4. The molecule has 1 aromatic carbocycles. The number of alkyl halides is 3. The van der Waals surface area contributed by atoms with Gasteiger partial charge in [0, 0.05) is 13.1 Å². The summed E-state index contributed by atoms with van der Waals surface area (Å²) in [6, 6.07) is 5.67. The Bertz CT molecular complexity index is 775. The van der Waals surface area contributed by atoms with Crippen LogP contribution in [0.25, 0.3) is 0 Å². The van der Waals surface area contributed by atoms with E-state index in [9.17, 15) is 18.0 Å². The number of piperidine rings is 1. The van der Waals surface area contributed by atoms with Crippen molar-refractivity contribution < 1.29 is 18.0 Å². The number of hydrogen-bond acceptors (Lipinski definition) is 2. The fourth-order valence-corrected chi connectivity index (χ4v) is 3.61. The number of H-pyrrole nitrogens is 1. The van der Waals surface area contributed by atoms with Crippen LogP contribution in [0.3, 0.4) is 0 Å². The first-order valence-corrected chi connectivity index (χ1v) is 8.87.